The van der Waals surface area contributed by atoms with E-state index < -0.39 is 107 Å². The van der Waals surface area contributed by atoms with Gasteiger partial charge in [-0.1, -0.05) is 0 Å². The molecule has 0 spiro atoms. The fourth-order valence-corrected chi connectivity index (χ4v) is 8.34. The van der Waals surface area contributed by atoms with Crippen molar-refractivity contribution in [2.24, 2.45) is 11.8 Å². The Bertz CT molecular complexity index is 1320. The van der Waals surface area contributed by atoms with Crippen LogP contribution >= 0.6 is 11.8 Å². The first-order valence-corrected chi connectivity index (χ1v) is 14.1. The van der Waals surface area contributed by atoms with Gasteiger partial charge >= 0.3 is 16.1 Å². The molecule has 10 nitrogen and oxygen atoms in total. The van der Waals surface area contributed by atoms with Gasteiger partial charge in [0.25, 0.3) is 10.1 Å². The zero-order valence-electron chi connectivity index (χ0n) is 17.9. The largest absolute Gasteiger partial charge is 0.420 e. The van der Waals surface area contributed by atoms with Crippen molar-refractivity contribution >= 4 is 43.9 Å². The highest BCUT2D eigenvalue weighted by molar-refractivity contribution is 8.01. The van der Waals surface area contributed by atoms with E-state index in [9.17, 15) is 44.0 Å². The van der Waals surface area contributed by atoms with Crippen LogP contribution in [0.5, 0.6) is 5.75 Å². The predicted molar refractivity (Wildman–Crippen MR) is 109 cm³/mol. The van der Waals surface area contributed by atoms with Gasteiger partial charge < -0.3 is 9.64 Å². The first-order valence-electron chi connectivity index (χ1n) is 9.88. The molecule has 3 saturated heterocycles. The van der Waals surface area contributed by atoms with E-state index in [1.165, 1.54) is 4.90 Å². The van der Waals surface area contributed by atoms with Crippen LogP contribution in [-0.4, -0.2) is 73.1 Å². The molecule has 1 aromatic rings. The zero-order valence-corrected chi connectivity index (χ0v) is 20.4. The van der Waals surface area contributed by atoms with Crippen LogP contribution in [0.3, 0.4) is 0 Å². The Labute approximate surface area is 200 Å². The molecule has 0 radical (unpaired) electrons. The van der Waals surface area contributed by atoms with Crippen LogP contribution in [0.1, 0.15) is 13.8 Å². The van der Waals surface area contributed by atoms with Crippen LogP contribution in [0.25, 0.3) is 0 Å². The lowest BCUT2D eigenvalue weighted by atomic mass is 9.78. The van der Waals surface area contributed by atoms with Gasteiger partial charge in [0.1, 0.15) is 6.10 Å². The maximum atomic E-state index is 14.4. The molecule has 194 valence electrons. The fourth-order valence-electron chi connectivity index (χ4n) is 4.91. The summed E-state index contributed by atoms with van der Waals surface area (Å²) < 4.78 is 121. The van der Waals surface area contributed by atoms with Crippen molar-refractivity contribution < 1.29 is 57.5 Å². The van der Waals surface area contributed by atoms with Crippen LogP contribution in [0.4, 0.5) is 17.6 Å². The Morgan fingerprint density at radius 2 is 1.57 bits per heavy atom. The maximum Gasteiger partial charge on any atom is 0.316 e. The second-order valence-corrected chi connectivity index (χ2v) is 12.8. The molecule has 6 atom stereocenters. The van der Waals surface area contributed by atoms with Crippen molar-refractivity contribution in [1.82, 2.24) is 4.90 Å². The van der Waals surface area contributed by atoms with Crippen molar-refractivity contribution in [2.75, 3.05) is 6.26 Å². The van der Waals surface area contributed by atoms with E-state index in [2.05, 4.69) is 4.74 Å². The molecule has 3 aliphatic rings. The normalized spacial score (nSPS) is 30.0. The van der Waals surface area contributed by atoms with Crippen molar-refractivity contribution in [2.45, 2.75) is 47.4 Å². The van der Waals surface area contributed by atoms with Crippen LogP contribution in [0.2, 0.25) is 0 Å². The lowest BCUT2D eigenvalue weighted by molar-refractivity contribution is -0.145. The SMILES string of the molecule is CC(C)N1C(=O)C2C3SC(C(OS(C)(=O)=O)C31)C2C(=O)Oc1c(F)c(F)c(S(=O)(=O)O)c(F)c1F. The fraction of sp³-hybridized carbons (Fsp3) is 0.556. The summed E-state index contributed by atoms with van der Waals surface area (Å²) in [6.45, 7) is 3.30. The van der Waals surface area contributed by atoms with E-state index in [0.717, 1.165) is 18.0 Å². The Kier molecular flexibility index (Phi) is 6.19. The van der Waals surface area contributed by atoms with Crippen LogP contribution < -0.4 is 4.74 Å². The third kappa shape index (κ3) is 4.00. The van der Waals surface area contributed by atoms with Crippen molar-refractivity contribution in [3.63, 3.8) is 0 Å². The highest BCUT2D eigenvalue weighted by Gasteiger charge is 2.72. The summed E-state index contributed by atoms with van der Waals surface area (Å²) in [5, 5.41) is -1.66. The number of esters is 1. The maximum absolute atomic E-state index is 14.4. The first kappa shape index (κ1) is 26.1. The molecule has 0 aliphatic carbocycles. The number of halogens is 4. The van der Waals surface area contributed by atoms with Gasteiger partial charge in [-0.3, -0.25) is 18.3 Å². The van der Waals surface area contributed by atoms with E-state index in [1.54, 1.807) is 13.8 Å². The molecule has 1 amide bonds. The minimum absolute atomic E-state index is 0.425. The molecular weight excluding hydrogens is 546 g/mol. The third-order valence-corrected chi connectivity index (χ3v) is 9.23. The number of ether oxygens (including phenoxy) is 1. The van der Waals surface area contributed by atoms with Gasteiger partial charge in [-0.15, -0.1) is 11.8 Å². The Morgan fingerprint density at radius 1 is 1.03 bits per heavy atom. The van der Waals surface area contributed by atoms with Crippen molar-refractivity contribution in [1.29, 1.82) is 0 Å². The molecule has 6 unspecified atom stereocenters. The Balaban J connectivity index is 1.74. The molecule has 3 aliphatic heterocycles. The van der Waals surface area contributed by atoms with Crippen LogP contribution in [0, 0.1) is 35.1 Å². The smallest absolute Gasteiger partial charge is 0.316 e. The number of thioether (sulfide) groups is 1. The minimum Gasteiger partial charge on any atom is -0.420 e. The highest BCUT2D eigenvalue weighted by atomic mass is 32.2. The lowest BCUT2D eigenvalue weighted by Crippen LogP contribution is -2.51. The third-order valence-electron chi connectivity index (χ3n) is 6.02. The molecule has 4 rings (SSSR count). The van der Waals surface area contributed by atoms with E-state index in [4.69, 9.17) is 8.74 Å². The van der Waals surface area contributed by atoms with Crippen LogP contribution in [0.15, 0.2) is 4.90 Å². The molecule has 3 heterocycles. The van der Waals surface area contributed by atoms with Gasteiger partial charge in [-0.25, -0.2) is 8.78 Å². The average molecular weight is 564 g/mol. The number of amides is 1. The lowest BCUT2D eigenvalue weighted by Gasteiger charge is -2.33. The molecule has 35 heavy (non-hydrogen) atoms. The molecule has 1 N–H and O–H groups in total. The van der Waals surface area contributed by atoms with Gasteiger partial charge in [0.05, 0.1) is 24.1 Å². The second-order valence-electron chi connectivity index (χ2n) is 8.52. The number of rotatable bonds is 6. The van der Waals surface area contributed by atoms with Gasteiger partial charge in [-0.05, 0) is 13.8 Å². The van der Waals surface area contributed by atoms with E-state index in [0.29, 0.717) is 0 Å². The number of nitrogens with zero attached hydrogens (tertiary/aromatic N) is 1. The molecule has 0 saturated carbocycles. The molecular formula is C18H17F4NO9S3. The topological polar surface area (TPSA) is 144 Å². The number of fused-ring (bicyclic) bond motifs is 1. The molecule has 0 aromatic heterocycles. The number of carbonyl (C=O) groups excluding carboxylic acids is 2. The van der Waals surface area contributed by atoms with Gasteiger partial charge in [0, 0.05) is 16.5 Å². The number of hydrogen-bond donors (Lipinski definition) is 1. The predicted octanol–water partition coefficient (Wildman–Crippen LogP) is 1.09. The quantitative estimate of drug-likeness (QED) is 0.133. The second kappa shape index (κ2) is 8.29. The van der Waals surface area contributed by atoms with Crippen molar-refractivity contribution in [3.8, 4) is 5.75 Å². The summed E-state index contributed by atoms with van der Waals surface area (Å²) in [5.74, 6) is -16.5. The summed E-state index contributed by atoms with van der Waals surface area (Å²) in [5.41, 5.74) is 0. The summed E-state index contributed by atoms with van der Waals surface area (Å²) in [6.07, 6.45) is -0.453. The molecule has 3 fully saturated rings. The number of carbonyl (C=O) groups is 2. The van der Waals surface area contributed by atoms with E-state index >= 15 is 0 Å². The van der Waals surface area contributed by atoms with Gasteiger partial charge in [-0.2, -0.15) is 25.6 Å². The van der Waals surface area contributed by atoms with Crippen molar-refractivity contribution in [3.05, 3.63) is 23.3 Å². The highest BCUT2D eigenvalue weighted by Crippen LogP contribution is 2.60. The summed E-state index contributed by atoms with van der Waals surface area (Å²) in [6, 6.07) is -1.15. The van der Waals surface area contributed by atoms with Crippen LogP contribution in [-0.2, 0) is 34.0 Å². The molecule has 2 bridgehead atoms. The average Bonchev–Trinajstić information content (AvgIpc) is 3.30. The Morgan fingerprint density at radius 3 is 2.03 bits per heavy atom. The standard InChI is InChI=1S/C18H17F4NO9S3/c1-4(2)23-11-13(32-34(3,26)27)15-6(5(17(23)24)14(11)33-15)18(25)31-12-7(19)9(21)16(35(28,29)30)10(22)8(12)20/h4-6,11,13-15H,1-3H3,(H,28,29,30). The monoisotopic (exact) mass is 563 g/mol. The zero-order chi connectivity index (χ0) is 26.4. The van der Waals surface area contributed by atoms with Gasteiger partial charge in [0.2, 0.25) is 23.3 Å². The summed E-state index contributed by atoms with van der Waals surface area (Å²) >= 11 is 1.05. The first-order chi connectivity index (χ1) is 16.0. The number of benzene rings is 1. The number of hydrogen-bond acceptors (Lipinski definition) is 9. The minimum atomic E-state index is -5.73. The van der Waals surface area contributed by atoms with E-state index in [-0.39, 0.29) is 0 Å². The molecule has 17 heteroatoms. The Hall–Kier alpha value is -1.95. The summed E-state index contributed by atoms with van der Waals surface area (Å²) in [4.78, 5) is 25.1. The summed E-state index contributed by atoms with van der Waals surface area (Å²) in [7, 11) is -9.80. The number of likely N-dealkylation sites (tertiary alicyclic amines) is 1. The molecule has 1 aromatic carbocycles. The van der Waals surface area contributed by atoms with Gasteiger partial charge in [0.15, 0.2) is 16.5 Å². The van der Waals surface area contributed by atoms with E-state index in [1.807, 2.05) is 0 Å².